The molecule has 1 aromatic heterocycles. The molecule has 0 spiro atoms. The maximum absolute atomic E-state index is 5.97. The van der Waals surface area contributed by atoms with Crippen LogP contribution in [0.15, 0.2) is 59.7 Å². The fourth-order valence-corrected chi connectivity index (χ4v) is 2.73. The van der Waals surface area contributed by atoms with Crippen molar-refractivity contribution >= 4 is 23.5 Å². The number of nitrogens with one attached hydrogen (secondary N) is 1. The lowest BCUT2D eigenvalue weighted by Crippen LogP contribution is -2.04. The molecule has 3 aromatic rings. The van der Waals surface area contributed by atoms with Crippen LogP contribution in [0.1, 0.15) is 22.5 Å². The Morgan fingerprint density at radius 3 is 2.67 bits per heavy atom. The van der Waals surface area contributed by atoms with Gasteiger partial charge in [0.2, 0.25) is 0 Å². The summed E-state index contributed by atoms with van der Waals surface area (Å²) in [5.74, 6) is 0. The van der Waals surface area contributed by atoms with E-state index in [4.69, 9.17) is 11.6 Å². The van der Waals surface area contributed by atoms with Gasteiger partial charge in [0.05, 0.1) is 24.1 Å². The van der Waals surface area contributed by atoms with Gasteiger partial charge in [-0.15, -0.1) is 0 Å². The van der Waals surface area contributed by atoms with Crippen LogP contribution < -0.4 is 5.43 Å². The van der Waals surface area contributed by atoms with Crippen LogP contribution in [0, 0.1) is 13.8 Å². The molecular formula is C19H19ClN4. The summed E-state index contributed by atoms with van der Waals surface area (Å²) in [5, 5.41) is 9.61. The Labute approximate surface area is 146 Å². The number of nitrogens with zero attached hydrogens (tertiary/aromatic N) is 3. The minimum atomic E-state index is 0.679. The first kappa shape index (κ1) is 16.3. The van der Waals surface area contributed by atoms with E-state index in [1.165, 1.54) is 5.56 Å². The van der Waals surface area contributed by atoms with E-state index in [-0.39, 0.29) is 0 Å². The van der Waals surface area contributed by atoms with Crippen molar-refractivity contribution in [2.24, 2.45) is 5.10 Å². The van der Waals surface area contributed by atoms with E-state index in [2.05, 4.69) is 34.7 Å². The molecule has 5 heteroatoms. The van der Waals surface area contributed by atoms with Gasteiger partial charge in [-0.2, -0.15) is 10.2 Å². The monoisotopic (exact) mass is 338 g/mol. The highest BCUT2D eigenvalue weighted by molar-refractivity contribution is 6.30. The van der Waals surface area contributed by atoms with Gasteiger partial charge in [-0.3, -0.25) is 10.1 Å². The van der Waals surface area contributed by atoms with E-state index in [0.717, 1.165) is 29.2 Å². The van der Waals surface area contributed by atoms with Gasteiger partial charge in [0.25, 0.3) is 0 Å². The predicted molar refractivity (Wildman–Crippen MR) is 99.9 cm³/mol. The molecule has 0 amide bonds. The molecule has 24 heavy (non-hydrogen) atoms. The molecule has 0 fully saturated rings. The molecule has 0 atom stereocenters. The maximum atomic E-state index is 5.97. The summed E-state index contributed by atoms with van der Waals surface area (Å²) < 4.78 is 2.01. The van der Waals surface area contributed by atoms with Crippen molar-refractivity contribution in [3.05, 3.63) is 82.1 Å². The molecule has 0 saturated heterocycles. The molecular weight excluding hydrogens is 320 g/mol. The average Bonchev–Trinajstić information content (AvgIpc) is 2.83. The Morgan fingerprint density at radius 1 is 1.12 bits per heavy atom. The average molecular weight is 339 g/mol. The highest BCUT2D eigenvalue weighted by Crippen LogP contribution is 2.16. The Morgan fingerprint density at radius 2 is 1.92 bits per heavy atom. The standard InChI is InChI=1S/C19H19ClN4/c1-14-19(12-21-22-18-10-6-9-17(20)11-18)15(2)24(23-14)13-16-7-4-3-5-8-16/h3-12,22H,13H2,1-2H3/b21-12-. The zero-order valence-corrected chi connectivity index (χ0v) is 14.5. The van der Waals surface area contributed by atoms with Crippen LogP contribution in [0.2, 0.25) is 5.02 Å². The lowest BCUT2D eigenvalue weighted by Gasteiger charge is -2.04. The molecule has 0 bridgehead atoms. The lowest BCUT2D eigenvalue weighted by molar-refractivity contribution is 0.659. The molecule has 0 aliphatic rings. The smallest absolute Gasteiger partial charge is 0.0685 e. The van der Waals surface area contributed by atoms with Gasteiger partial charge in [0.1, 0.15) is 0 Å². The summed E-state index contributed by atoms with van der Waals surface area (Å²) in [6, 6.07) is 17.8. The number of aromatic nitrogens is 2. The minimum absolute atomic E-state index is 0.679. The maximum Gasteiger partial charge on any atom is 0.0685 e. The van der Waals surface area contributed by atoms with Gasteiger partial charge >= 0.3 is 0 Å². The van der Waals surface area contributed by atoms with Gasteiger partial charge in [0.15, 0.2) is 0 Å². The molecule has 0 unspecified atom stereocenters. The number of hydrogen-bond acceptors (Lipinski definition) is 3. The number of halogens is 1. The van der Waals surface area contributed by atoms with Gasteiger partial charge in [0, 0.05) is 16.3 Å². The number of hydrazone groups is 1. The van der Waals surface area contributed by atoms with Crippen molar-refractivity contribution in [2.45, 2.75) is 20.4 Å². The van der Waals surface area contributed by atoms with Crippen molar-refractivity contribution in [1.29, 1.82) is 0 Å². The largest absolute Gasteiger partial charge is 0.278 e. The molecule has 0 aliphatic carbocycles. The second-order valence-electron chi connectivity index (χ2n) is 5.61. The quantitative estimate of drug-likeness (QED) is 0.543. The lowest BCUT2D eigenvalue weighted by atomic mass is 10.2. The third-order valence-electron chi connectivity index (χ3n) is 3.82. The van der Waals surface area contributed by atoms with E-state index in [1.807, 2.05) is 54.1 Å². The zero-order valence-electron chi connectivity index (χ0n) is 13.7. The molecule has 0 radical (unpaired) electrons. The van der Waals surface area contributed by atoms with Crippen molar-refractivity contribution in [1.82, 2.24) is 9.78 Å². The summed E-state index contributed by atoms with van der Waals surface area (Å²) in [5.41, 5.74) is 8.15. The Bertz CT molecular complexity index is 853. The van der Waals surface area contributed by atoms with Crippen LogP contribution in [0.4, 0.5) is 5.69 Å². The zero-order chi connectivity index (χ0) is 16.9. The normalized spacial score (nSPS) is 11.1. The molecule has 0 saturated carbocycles. The first-order chi connectivity index (χ1) is 11.6. The number of benzene rings is 2. The fourth-order valence-electron chi connectivity index (χ4n) is 2.54. The van der Waals surface area contributed by atoms with Crippen LogP contribution in [0.5, 0.6) is 0 Å². The third kappa shape index (κ3) is 3.84. The molecule has 3 rings (SSSR count). The molecule has 4 nitrogen and oxygen atoms in total. The Hall–Kier alpha value is -2.59. The number of aryl methyl sites for hydroxylation is 1. The van der Waals surface area contributed by atoms with Crippen LogP contribution in [0.3, 0.4) is 0 Å². The van der Waals surface area contributed by atoms with Crippen molar-refractivity contribution in [2.75, 3.05) is 5.43 Å². The van der Waals surface area contributed by atoms with Gasteiger partial charge in [-0.05, 0) is 37.6 Å². The topological polar surface area (TPSA) is 42.2 Å². The summed E-state index contributed by atoms with van der Waals surface area (Å²) in [6.45, 7) is 4.81. The van der Waals surface area contributed by atoms with E-state index in [0.29, 0.717) is 5.02 Å². The summed E-state index contributed by atoms with van der Waals surface area (Å²) in [7, 11) is 0. The van der Waals surface area contributed by atoms with Crippen LogP contribution in [-0.4, -0.2) is 16.0 Å². The summed E-state index contributed by atoms with van der Waals surface area (Å²) >= 11 is 5.97. The molecule has 1 N–H and O–H groups in total. The Kier molecular flexibility index (Phi) is 4.96. The number of hydrogen-bond donors (Lipinski definition) is 1. The predicted octanol–water partition coefficient (Wildman–Crippen LogP) is 4.65. The molecule has 122 valence electrons. The Balaban J connectivity index is 1.75. The van der Waals surface area contributed by atoms with Gasteiger partial charge < -0.3 is 0 Å². The van der Waals surface area contributed by atoms with E-state index >= 15 is 0 Å². The number of rotatable bonds is 5. The van der Waals surface area contributed by atoms with Crippen molar-refractivity contribution in [3.8, 4) is 0 Å². The second kappa shape index (κ2) is 7.32. The summed E-state index contributed by atoms with van der Waals surface area (Å²) in [4.78, 5) is 0. The van der Waals surface area contributed by atoms with Gasteiger partial charge in [-0.1, -0.05) is 48.0 Å². The summed E-state index contributed by atoms with van der Waals surface area (Å²) in [6.07, 6.45) is 1.81. The van der Waals surface area contributed by atoms with E-state index in [1.54, 1.807) is 6.21 Å². The SMILES string of the molecule is Cc1nn(Cc2ccccc2)c(C)c1/C=N\Nc1cccc(Cl)c1. The van der Waals surface area contributed by atoms with Crippen molar-refractivity contribution in [3.63, 3.8) is 0 Å². The highest BCUT2D eigenvalue weighted by atomic mass is 35.5. The minimum Gasteiger partial charge on any atom is -0.278 e. The molecule has 0 aliphatic heterocycles. The first-order valence-electron chi connectivity index (χ1n) is 7.76. The number of anilines is 1. The van der Waals surface area contributed by atoms with E-state index < -0.39 is 0 Å². The highest BCUT2D eigenvalue weighted by Gasteiger charge is 2.09. The van der Waals surface area contributed by atoms with Gasteiger partial charge in [-0.25, -0.2) is 0 Å². The fraction of sp³-hybridized carbons (Fsp3) is 0.158. The molecule has 1 heterocycles. The van der Waals surface area contributed by atoms with Crippen LogP contribution >= 0.6 is 11.6 Å². The third-order valence-corrected chi connectivity index (χ3v) is 4.06. The van der Waals surface area contributed by atoms with Crippen molar-refractivity contribution < 1.29 is 0 Å². The van der Waals surface area contributed by atoms with Crippen LogP contribution in [0.25, 0.3) is 0 Å². The second-order valence-corrected chi connectivity index (χ2v) is 6.04. The van der Waals surface area contributed by atoms with Crippen LogP contribution in [-0.2, 0) is 6.54 Å². The van der Waals surface area contributed by atoms with E-state index in [9.17, 15) is 0 Å². The first-order valence-corrected chi connectivity index (χ1v) is 8.14. The molecule has 2 aromatic carbocycles.